The molecule has 0 radical (unpaired) electrons. The molecule has 1 fully saturated rings. The van der Waals surface area contributed by atoms with Gasteiger partial charge in [0, 0.05) is 25.8 Å². The number of rotatable bonds is 6. The Balaban J connectivity index is 1.58. The highest BCUT2D eigenvalue weighted by molar-refractivity contribution is 7.99. The zero-order valence-electron chi connectivity index (χ0n) is 17.2. The summed E-state index contributed by atoms with van der Waals surface area (Å²) in [6, 6.07) is 17.9. The minimum Gasteiger partial charge on any atom is -0.378 e. The summed E-state index contributed by atoms with van der Waals surface area (Å²) >= 11 is 1.40. The SMILES string of the molecule is Cc1cccc(-n2c(SCC(=O)N(C)c3ccccc3)nnc2N2CCOCC2)c1. The van der Waals surface area contributed by atoms with Gasteiger partial charge in [-0.2, -0.15) is 0 Å². The van der Waals surface area contributed by atoms with E-state index < -0.39 is 0 Å². The van der Waals surface area contributed by atoms with Gasteiger partial charge in [0.05, 0.1) is 24.7 Å². The van der Waals surface area contributed by atoms with Crippen molar-refractivity contribution >= 4 is 29.3 Å². The Bertz CT molecular complexity index is 1000. The van der Waals surface area contributed by atoms with Gasteiger partial charge in [-0.15, -0.1) is 10.2 Å². The molecule has 0 unspecified atom stereocenters. The largest absolute Gasteiger partial charge is 0.378 e. The van der Waals surface area contributed by atoms with E-state index >= 15 is 0 Å². The Morgan fingerprint density at radius 2 is 1.87 bits per heavy atom. The van der Waals surface area contributed by atoms with Crippen LogP contribution in [0.2, 0.25) is 0 Å². The number of para-hydroxylation sites is 1. The van der Waals surface area contributed by atoms with E-state index in [1.54, 1.807) is 11.9 Å². The molecule has 0 N–H and O–H groups in total. The van der Waals surface area contributed by atoms with Crippen molar-refractivity contribution in [2.75, 3.05) is 48.9 Å². The van der Waals surface area contributed by atoms with Gasteiger partial charge >= 0.3 is 0 Å². The number of thioether (sulfide) groups is 1. The molecule has 4 rings (SSSR count). The molecule has 0 aliphatic carbocycles. The number of nitrogens with zero attached hydrogens (tertiary/aromatic N) is 5. The molecule has 0 bridgehead atoms. The van der Waals surface area contributed by atoms with Gasteiger partial charge < -0.3 is 14.5 Å². The molecular formula is C22H25N5O2S. The zero-order chi connectivity index (χ0) is 20.9. The fourth-order valence-electron chi connectivity index (χ4n) is 3.34. The molecule has 2 aromatic carbocycles. The average molecular weight is 424 g/mol. The van der Waals surface area contributed by atoms with Gasteiger partial charge in [-0.05, 0) is 36.8 Å². The minimum atomic E-state index is 0.0120. The molecule has 1 aliphatic rings. The maximum absolute atomic E-state index is 12.7. The van der Waals surface area contributed by atoms with E-state index in [1.807, 2.05) is 47.0 Å². The molecular weight excluding hydrogens is 398 g/mol. The van der Waals surface area contributed by atoms with E-state index in [0.717, 1.165) is 36.0 Å². The van der Waals surface area contributed by atoms with Crippen LogP contribution in [-0.4, -0.2) is 59.8 Å². The highest BCUT2D eigenvalue weighted by Crippen LogP contribution is 2.28. The Morgan fingerprint density at radius 3 is 2.60 bits per heavy atom. The van der Waals surface area contributed by atoms with Gasteiger partial charge in [0.25, 0.3) is 0 Å². The summed E-state index contributed by atoms with van der Waals surface area (Å²) in [5.41, 5.74) is 3.02. The molecule has 1 saturated heterocycles. The number of hydrogen-bond acceptors (Lipinski definition) is 6. The van der Waals surface area contributed by atoms with Crippen molar-refractivity contribution in [1.29, 1.82) is 0 Å². The van der Waals surface area contributed by atoms with Gasteiger partial charge in [0.15, 0.2) is 5.16 Å². The van der Waals surface area contributed by atoms with Crippen molar-refractivity contribution in [3.8, 4) is 5.69 Å². The molecule has 30 heavy (non-hydrogen) atoms. The number of carbonyl (C=O) groups excluding carboxylic acids is 1. The average Bonchev–Trinajstić information content (AvgIpc) is 3.22. The predicted octanol–water partition coefficient (Wildman–Crippen LogP) is 3.17. The monoisotopic (exact) mass is 423 g/mol. The van der Waals surface area contributed by atoms with Crippen LogP contribution < -0.4 is 9.80 Å². The molecule has 0 saturated carbocycles. The summed E-state index contributed by atoms with van der Waals surface area (Å²) < 4.78 is 7.53. The molecule has 2 heterocycles. The molecule has 0 spiro atoms. The van der Waals surface area contributed by atoms with Crippen LogP contribution in [-0.2, 0) is 9.53 Å². The third kappa shape index (κ3) is 4.49. The van der Waals surface area contributed by atoms with E-state index in [4.69, 9.17) is 4.74 Å². The van der Waals surface area contributed by atoms with Gasteiger partial charge in [0.2, 0.25) is 11.9 Å². The highest BCUT2D eigenvalue weighted by atomic mass is 32.2. The lowest BCUT2D eigenvalue weighted by atomic mass is 10.2. The van der Waals surface area contributed by atoms with Crippen molar-refractivity contribution in [1.82, 2.24) is 14.8 Å². The summed E-state index contributed by atoms with van der Waals surface area (Å²) in [7, 11) is 1.79. The van der Waals surface area contributed by atoms with Crippen LogP contribution >= 0.6 is 11.8 Å². The van der Waals surface area contributed by atoms with Crippen molar-refractivity contribution in [3.05, 3.63) is 60.2 Å². The fraction of sp³-hybridized carbons (Fsp3) is 0.318. The first kappa shape index (κ1) is 20.4. The summed E-state index contributed by atoms with van der Waals surface area (Å²) in [6.45, 7) is 4.94. The second-order valence-electron chi connectivity index (χ2n) is 7.13. The molecule has 1 aliphatic heterocycles. The summed E-state index contributed by atoms with van der Waals surface area (Å²) in [5, 5.41) is 9.59. The highest BCUT2D eigenvalue weighted by Gasteiger charge is 2.23. The van der Waals surface area contributed by atoms with Crippen molar-refractivity contribution in [2.24, 2.45) is 0 Å². The Labute approximate surface area is 180 Å². The van der Waals surface area contributed by atoms with Crippen LogP contribution in [0, 0.1) is 6.92 Å². The summed E-state index contributed by atoms with van der Waals surface area (Å²) in [5.74, 6) is 1.08. The molecule has 0 atom stereocenters. The van der Waals surface area contributed by atoms with Crippen molar-refractivity contribution in [3.63, 3.8) is 0 Å². The first-order valence-corrected chi connectivity index (χ1v) is 10.9. The molecule has 8 heteroatoms. The van der Waals surface area contributed by atoms with E-state index in [2.05, 4.69) is 34.2 Å². The van der Waals surface area contributed by atoms with Gasteiger partial charge in [0.1, 0.15) is 0 Å². The number of aromatic nitrogens is 3. The maximum atomic E-state index is 12.7. The summed E-state index contributed by atoms with van der Waals surface area (Å²) in [6.07, 6.45) is 0. The fourth-order valence-corrected chi connectivity index (χ4v) is 4.20. The van der Waals surface area contributed by atoms with Crippen LogP contribution in [0.3, 0.4) is 0 Å². The first-order chi connectivity index (χ1) is 14.6. The second-order valence-corrected chi connectivity index (χ2v) is 8.08. The Morgan fingerprint density at radius 1 is 1.10 bits per heavy atom. The number of hydrogen-bond donors (Lipinski definition) is 0. The number of morpholine rings is 1. The number of benzene rings is 2. The minimum absolute atomic E-state index is 0.0120. The van der Waals surface area contributed by atoms with Gasteiger partial charge in [-0.25, -0.2) is 0 Å². The lowest BCUT2D eigenvalue weighted by Crippen LogP contribution is -2.37. The maximum Gasteiger partial charge on any atom is 0.237 e. The third-order valence-electron chi connectivity index (χ3n) is 5.01. The Hall–Kier alpha value is -2.84. The topological polar surface area (TPSA) is 63.5 Å². The van der Waals surface area contributed by atoms with E-state index in [0.29, 0.717) is 18.4 Å². The predicted molar refractivity (Wildman–Crippen MR) is 120 cm³/mol. The molecule has 3 aromatic rings. The van der Waals surface area contributed by atoms with E-state index in [-0.39, 0.29) is 11.7 Å². The first-order valence-electron chi connectivity index (χ1n) is 9.93. The van der Waals surface area contributed by atoms with Crippen LogP contribution in [0.25, 0.3) is 5.69 Å². The van der Waals surface area contributed by atoms with Crippen molar-refractivity contribution in [2.45, 2.75) is 12.1 Å². The van der Waals surface area contributed by atoms with Gasteiger partial charge in [-0.1, -0.05) is 42.1 Å². The van der Waals surface area contributed by atoms with Gasteiger partial charge in [-0.3, -0.25) is 9.36 Å². The number of amides is 1. The molecule has 1 amide bonds. The van der Waals surface area contributed by atoms with Crippen molar-refractivity contribution < 1.29 is 9.53 Å². The van der Waals surface area contributed by atoms with E-state index in [1.165, 1.54) is 11.8 Å². The smallest absolute Gasteiger partial charge is 0.237 e. The van der Waals surface area contributed by atoms with Crippen LogP contribution in [0.1, 0.15) is 5.56 Å². The van der Waals surface area contributed by atoms with Crippen LogP contribution in [0.4, 0.5) is 11.6 Å². The van der Waals surface area contributed by atoms with Crippen LogP contribution in [0.5, 0.6) is 0 Å². The third-order valence-corrected chi connectivity index (χ3v) is 5.93. The molecule has 1 aromatic heterocycles. The number of aryl methyl sites for hydroxylation is 1. The quantitative estimate of drug-likeness (QED) is 0.568. The lowest BCUT2D eigenvalue weighted by molar-refractivity contribution is -0.115. The normalized spacial score (nSPS) is 14.0. The standard InChI is InChI=1S/C22H25N5O2S/c1-17-7-6-10-19(15-17)27-21(26-11-13-29-14-12-26)23-24-22(27)30-16-20(28)25(2)18-8-4-3-5-9-18/h3-10,15H,11-14,16H2,1-2H3. The number of ether oxygens (including phenoxy) is 1. The van der Waals surface area contributed by atoms with Crippen LogP contribution in [0.15, 0.2) is 59.8 Å². The molecule has 7 nitrogen and oxygen atoms in total. The second kappa shape index (κ2) is 9.32. The number of carbonyl (C=O) groups is 1. The molecule has 156 valence electrons. The summed E-state index contributed by atoms with van der Waals surface area (Å²) in [4.78, 5) is 16.6. The zero-order valence-corrected chi connectivity index (χ0v) is 18.0. The number of anilines is 2. The lowest BCUT2D eigenvalue weighted by Gasteiger charge is -2.28. The Kier molecular flexibility index (Phi) is 6.35. The van der Waals surface area contributed by atoms with E-state index in [9.17, 15) is 4.79 Å².